The van der Waals surface area contributed by atoms with Crippen LogP contribution >= 0.6 is 15.8 Å². The van der Waals surface area contributed by atoms with Gasteiger partial charge in [-0.2, -0.15) is 0 Å². The Kier molecular flexibility index (Phi) is 10.4. The van der Waals surface area contributed by atoms with Gasteiger partial charge in [0.25, 0.3) is 0 Å². The number of hydrogen-bond acceptors (Lipinski definition) is 1. The average Bonchev–Trinajstić information content (AvgIpc) is 3.00. The number of hydrogen-bond donors (Lipinski definition) is 0. The molecule has 0 spiro atoms. The van der Waals surface area contributed by atoms with Crippen molar-refractivity contribution in [2.75, 3.05) is 0 Å². The predicted molar refractivity (Wildman–Crippen MR) is 171 cm³/mol. The Balaban J connectivity index is 0.00000164. The Bertz CT molecular complexity index is 1180. The molecule has 1 aromatic heterocycles. The van der Waals surface area contributed by atoms with Gasteiger partial charge < -0.3 is 0 Å². The van der Waals surface area contributed by atoms with E-state index in [2.05, 4.69) is 153 Å². The van der Waals surface area contributed by atoms with E-state index in [-0.39, 0.29) is 0 Å². The summed E-state index contributed by atoms with van der Waals surface area (Å²) >= 11 is 0. The molecule has 0 aliphatic carbocycles. The molecule has 192 valence electrons. The lowest BCUT2D eigenvalue weighted by Crippen LogP contribution is -2.18. The van der Waals surface area contributed by atoms with E-state index in [0.717, 1.165) is 0 Å². The summed E-state index contributed by atoms with van der Waals surface area (Å²) in [6, 6.07) is 50.4. The number of benzene rings is 4. The second-order valence-electron chi connectivity index (χ2n) is 8.92. The maximum absolute atomic E-state index is 5.35. The van der Waals surface area contributed by atoms with Crippen molar-refractivity contribution in [2.45, 2.75) is 39.0 Å². The van der Waals surface area contributed by atoms with E-state index in [1.165, 1.54) is 32.6 Å². The van der Waals surface area contributed by atoms with Crippen LogP contribution in [0.5, 0.6) is 0 Å². The quantitative estimate of drug-likeness (QED) is 0.182. The van der Waals surface area contributed by atoms with Crippen LogP contribution in [0.2, 0.25) is 0 Å². The van der Waals surface area contributed by atoms with Crippen LogP contribution in [0.3, 0.4) is 0 Å². The van der Waals surface area contributed by atoms with Gasteiger partial charge in [0.2, 0.25) is 0 Å². The fraction of sp³-hybridized carbons (Fsp3) is 0.171. The highest BCUT2D eigenvalue weighted by Gasteiger charge is 2.26. The van der Waals surface area contributed by atoms with Crippen LogP contribution < -0.4 is 21.2 Å². The van der Waals surface area contributed by atoms with Gasteiger partial charge in [-0.15, -0.1) is 0 Å². The molecule has 2 unspecified atom stereocenters. The maximum Gasteiger partial charge on any atom is 0.0484 e. The van der Waals surface area contributed by atoms with Gasteiger partial charge in [-0.3, -0.25) is 4.98 Å². The van der Waals surface area contributed by atoms with Gasteiger partial charge in [-0.1, -0.05) is 155 Å². The summed E-state index contributed by atoms with van der Waals surface area (Å²) in [6.07, 6.45) is 0. The molecule has 0 bridgehead atoms. The van der Waals surface area contributed by atoms with Gasteiger partial charge in [-0.05, 0) is 49.2 Å². The first-order valence-electron chi connectivity index (χ1n) is 13.5. The van der Waals surface area contributed by atoms with Crippen molar-refractivity contribution in [2.24, 2.45) is 0 Å². The fourth-order valence-electron chi connectivity index (χ4n) is 4.75. The molecule has 5 aromatic rings. The lowest BCUT2D eigenvalue weighted by molar-refractivity contribution is 0.921. The van der Waals surface area contributed by atoms with Crippen molar-refractivity contribution in [3.63, 3.8) is 0 Å². The molecule has 0 amide bonds. The first kappa shape index (κ1) is 27.9. The summed E-state index contributed by atoms with van der Waals surface area (Å²) in [4.78, 5) is 5.35. The highest BCUT2D eigenvalue weighted by Crippen LogP contribution is 2.51. The third-order valence-corrected chi connectivity index (χ3v) is 12.1. The minimum atomic E-state index is -0.580. The normalized spacial score (nSPS) is 12.5. The van der Waals surface area contributed by atoms with Crippen LogP contribution in [-0.4, -0.2) is 4.98 Å². The topological polar surface area (TPSA) is 12.9 Å². The number of pyridine rings is 1. The standard InChI is InChI=1S/C33H31NP2.C2H6/c1-26(35(28-16-7-3-8-17-28)29-18-9-4-10-19-29)32-24-15-25-33(34-32)27(2)36(30-20-11-5-12-21-30)31-22-13-6-14-23-31;1-2/h3-27H,1-2H3;1-2H3. The molecule has 0 saturated heterocycles. The molecule has 0 aliphatic heterocycles. The molecular weight excluding hydrogens is 496 g/mol. The zero-order chi connectivity index (χ0) is 26.7. The largest absolute Gasteiger partial charge is 0.257 e. The third-order valence-electron chi connectivity index (χ3n) is 6.56. The third kappa shape index (κ3) is 6.66. The number of rotatable bonds is 8. The Labute approximate surface area is 231 Å². The summed E-state index contributed by atoms with van der Waals surface area (Å²) in [5.41, 5.74) is 2.96. The zero-order valence-corrected chi connectivity index (χ0v) is 24.6. The van der Waals surface area contributed by atoms with Crippen molar-refractivity contribution in [1.29, 1.82) is 0 Å². The van der Waals surface area contributed by atoms with Crippen molar-refractivity contribution < 1.29 is 0 Å². The van der Waals surface area contributed by atoms with E-state index in [9.17, 15) is 0 Å². The van der Waals surface area contributed by atoms with Gasteiger partial charge in [0.15, 0.2) is 0 Å². The SMILES string of the molecule is CC.CC(c1cccc(C(C)P(c2ccccc2)c2ccccc2)n1)P(c1ccccc1)c1ccccc1. The Morgan fingerprint density at radius 1 is 0.395 bits per heavy atom. The lowest BCUT2D eigenvalue weighted by atomic mass is 10.2. The highest BCUT2D eigenvalue weighted by molar-refractivity contribution is 7.73. The van der Waals surface area contributed by atoms with Crippen LogP contribution in [0.15, 0.2) is 140 Å². The Hall–Kier alpha value is -3.11. The van der Waals surface area contributed by atoms with E-state index in [1.54, 1.807) is 0 Å². The van der Waals surface area contributed by atoms with Gasteiger partial charge in [-0.25, -0.2) is 0 Å². The minimum absolute atomic E-state index is 0.302. The second kappa shape index (κ2) is 14.2. The summed E-state index contributed by atoms with van der Waals surface area (Å²) < 4.78 is 0. The van der Waals surface area contributed by atoms with E-state index in [1.807, 2.05) is 13.8 Å². The summed E-state index contributed by atoms with van der Waals surface area (Å²) in [6.45, 7) is 8.69. The van der Waals surface area contributed by atoms with Gasteiger partial charge in [0.05, 0.1) is 0 Å². The first-order chi connectivity index (χ1) is 18.7. The molecule has 1 nitrogen and oxygen atoms in total. The molecule has 5 rings (SSSR count). The van der Waals surface area contributed by atoms with Crippen LogP contribution in [0.25, 0.3) is 0 Å². The minimum Gasteiger partial charge on any atom is -0.257 e. The van der Waals surface area contributed by atoms with Crippen molar-refractivity contribution in [3.8, 4) is 0 Å². The molecule has 1 heterocycles. The molecule has 2 atom stereocenters. The van der Waals surface area contributed by atoms with Crippen molar-refractivity contribution in [1.82, 2.24) is 4.98 Å². The van der Waals surface area contributed by atoms with Crippen molar-refractivity contribution in [3.05, 3.63) is 151 Å². The first-order valence-corrected chi connectivity index (χ1v) is 16.3. The molecule has 4 aromatic carbocycles. The summed E-state index contributed by atoms with van der Waals surface area (Å²) in [5.74, 6) is 0. The summed E-state index contributed by atoms with van der Waals surface area (Å²) in [7, 11) is -1.16. The molecular formula is C35H37NP2. The Morgan fingerprint density at radius 3 is 0.921 bits per heavy atom. The lowest BCUT2D eigenvalue weighted by Gasteiger charge is -2.28. The molecule has 0 radical (unpaired) electrons. The average molecular weight is 534 g/mol. The zero-order valence-electron chi connectivity index (χ0n) is 22.8. The highest BCUT2D eigenvalue weighted by atomic mass is 31.1. The molecule has 0 N–H and O–H groups in total. The van der Waals surface area contributed by atoms with Gasteiger partial charge in [0.1, 0.15) is 0 Å². The fourth-order valence-corrected chi connectivity index (χ4v) is 9.92. The molecule has 0 saturated carbocycles. The van der Waals surface area contributed by atoms with E-state index in [0.29, 0.717) is 11.3 Å². The van der Waals surface area contributed by atoms with E-state index >= 15 is 0 Å². The van der Waals surface area contributed by atoms with E-state index < -0.39 is 15.8 Å². The monoisotopic (exact) mass is 533 g/mol. The number of aromatic nitrogens is 1. The molecule has 3 heteroatoms. The van der Waals surface area contributed by atoms with Crippen LogP contribution in [0.1, 0.15) is 50.4 Å². The maximum atomic E-state index is 5.35. The smallest absolute Gasteiger partial charge is 0.0484 e. The van der Waals surface area contributed by atoms with E-state index in [4.69, 9.17) is 4.98 Å². The molecule has 0 aliphatic rings. The summed E-state index contributed by atoms with van der Waals surface area (Å²) in [5, 5.41) is 5.56. The van der Waals surface area contributed by atoms with Crippen LogP contribution in [-0.2, 0) is 0 Å². The predicted octanol–water partition coefficient (Wildman–Crippen LogP) is 8.50. The van der Waals surface area contributed by atoms with Crippen LogP contribution in [0, 0.1) is 0 Å². The van der Waals surface area contributed by atoms with Gasteiger partial charge >= 0.3 is 0 Å². The molecule has 0 fully saturated rings. The van der Waals surface area contributed by atoms with Gasteiger partial charge in [0, 0.05) is 22.7 Å². The van der Waals surface area contributed by atoms with Crippen molar-refractivity contribution >= 4 is 37.1 Å². The Morgan fingerprint density at radius 2 is 0.658 bits per heavy atom. The second-order valence-corrected chi connectivity index (χ2v) is 14.0. The number of nitrogens with zero attached hydrogens (tertiary/aromatic N) is 1. The molecule has 38 heavy (non-hydrogen) atoms. The van der Waals surface area contributed by atoms with Crippen LogP contribution in [0.4, 0.5) is 0 Å².